The first-order valence-corrected chi connectivity index (χ1v) is 13.0. The number of para-hydroxylation sites is 1. The largest absolute Gasteiger partial charge is 0.326 e. The zero-order valence-corrected chi connectivity index (χ0v) is 21.4. The zero-order chi connectivity index (χ0) is 24.4. The number of rotatable bonds is 5. The number of nitrogens with one attached hydrogen (secondary N) is 1. The van der Waals surface area contributed by atoms with E-state index in [4.69, 9.17) is 5.10 Å². The fraction of sp³-hybridized carbons (Fsp3) is 0.185. The summed E-state index contributed by atoms with van der Waals surface area (Å²) in [5, 5.41) is 9.55. The van der Waals surface area contributed by atoms with Gasteiger partial charge in [0.05, 0.1) is 11.8 Å². The maximum atomic E-state index is 12.7. The summed E-state index contributed by atoms with van der Waals surface area (Å²) in [4.78, 5) is 29.6. The molecule has 2 unspecified atom stereocenters. The Bertz CT molecular complexity index is 1310. The average molecular weight is 547 g/mol. The van der Waals surface area contributed by atoms with Crippen molar-refractivity contribution in [2.75, 3.05) is 5.32 Å². The number of carbonyl (C=O) groups is 2. The molecule has 2 heterocycles. The van der Waals surface area contributed by atoms with Gasteiger partial charge in [-0.15, -0.1) is 0 Å². The Morgan fingerprint density at radius 2 is 1.77 bits per heavy atom. The van der Waals surface area contributed by atoms with Gasteiger partial charge in [0.25, 0.3) is 5.91 Å². The molecule has 176 valence electrons. The van der Waals surface area contributed by atoms with E-state index in [0.29, 0.717) is 17.3 Å². The van der Waals surface area contributed by atoms with Gasteiger partial charge in [0, 0.05) is 23.0 Å². The maximum absolute atomic E-state index is 12.7. The predicted octanol–water partition coefficient (Wildman–Crippen LogP) is 5.94. The van der Waals surface area contributed by atoms with Crippen molar-refractivity contribution in [3.63, 3.8) is 0 Å². The lowest BCUT2D eigenvalue weighted by molar-refractivity contribution is -0.121. The molecule has 2 amide bonds. The van der Waals surface area contributed by atoms with Gasteiger partial charge < -0.3 is 5.32 Å². The first-order chi connectivity index (χ1) is 17.0. The van der Waals surface area contributed by atoms with Crippen molar-refractivity contribution in [1.29, 1.82) is 0 Å². The topological polar surface area (TPSA) is 74.1 Å². The Kier molecular flexibility index (Phi) is 6.83. The summed E-state index contributed by atoms with van der Waals surface area (Å²) in [6.45, 7) is 2.06. The number of nitrogens with zero attached hydrogens (tertiary/aromatic N) is 3. The van der Waals surface area contributed by atoms with Crippen molar-refractivity contribution in [3.05, 3.63) is 100 Å². The highest BCUT2D eigenvalue weighted by Gasteiger charge is 2.39. The predicted molar refractivity (Wildman–Crippen MR) is 145 cm³/mol. The number of amidine groups is 1. The van der Waals surface area contributed by atoms with Gasteiger partial charge in [0.15, 0.2) is 5.17 Å². The van der Waals surface area contributed by atoms with Crippen LogP contribution in [0.1, 0.15) is 35.6 Å². The average Bonchev–Trinajstić information content (AvgIpc) is 3.45. The van der Waals surface area contributed by atoms with Gasteiger partial charge in [-0.2, -0.15) is 10.1 Å². The number of halogens is 1. The minimum atomic E-state index is -0.571. The fourth-order valence-electron chi connectivity index (χ4n) is 4.06. The highest BCUT2D eigenvalue weighted by Crippen LogP contribution is 2.39. The first kappa shape index (κ1) is 23.5. The summed E-state index contributed by atoms with van der Waals surface area (Å²) in [6.07, 6.45) is 0.744. The Hall–Kier alpha value is -3.23. The zero-order valence-electron chi connectivity index (χ0n) is 19.0. The van der Waals surface area contributed by atoms with Crippen molar-refractivity contribution in [2.24, 2.45) is 10.1 Å². The van der Waals surface area contributed by atoms with Crippen LogP contribution in [0.3, 0.4) is 0 Å². The van der Waals surface area contributed by atoms with Gasteiger partial charge in [0.1, 0.15) is 5.25 Å². The summed E-state index contributed by atoms with van der Waals surface area (Å²) in [5.41, 5.74) is 4.97. The van der Waals surface area contributed by atoms with E-state index >= 15 is 0 Å². The number of benzene rings is 3. The Labute approximate surface area is 216 Å². The lowest BCUT2D eigenvalue weighted by Gasteiger charge is -2.23. The van der Waals surface area contributed by atoms with Crippen molar-refractivity contribution in [1.82, 2.24) is 5.01 Å². The molecule has 3 aromatic carbocycles. The van der Waals surface area contributed by atoms with Crippen molar-refractivity contribution in [3.8, 4) is 0 Å². The van der Waals surface area contributed by atoms with E-state index in [-0.39, 0.29) is 24.3 Å². The molecule has 35 heavy (non-hydrogen) atoms. The molecular weight excluding hydrogens is 524 g/mol. The van der Waals surface area contributed by atoms with Gasteiger partial charge >= 0.3 is 0 Å². The second-order valence-electron chi connectivity index (χ2n) is 8.49. The number of hydrogen-bond donors (Lipinski definition) is 1. The molecule has 2 aliphatic rings. The third kappa shape index (κ3) is 5.39. The summed E-state index contributed by atoms with van der Waals surface area (Å²) in [6, 6.07) is 25.5. The van der Waals surface area contributed by atoms with E-state index in [0.717, 1.165) is 21.3 Å². The molecule has 6 nitrogen and oxygen atoms in total. The Balaban J connectivity index is 1.36. The molecular formula is C27H23BrN4O2S. The van der Waals surface area contributed by atoms with E-state index in [1.807, 2.05) is 47.5 Å². The van der Waals surface area contributed by atoms with Crippen LogP contribution in [0, 0.1) is 6.92 Å². The number of aryl methyl sites for hydroxylation is 1. The summed E-state index contributed by atoms with van der Waals surface area (Å²) in [7, 11) is 0. The van der Waals surface area contributed by atoms with Crippen molar-refractivity contribution >= 4 is 56.1 Å². The molecule has 1 N–H and O–H groups in total. The number of aliphatic imine (C=N–C) groups is 1. The number of hydrogen-bond acceptors (Lipinski definition) is 5. The minimum absolute atomic E-state index is 0.0523. The molecule has 0 spiro atoms. The summed E-state index contributed by atoms with van der Waals surface area (Å²) < 4.78 is 0.998. The number of thioether (sulfide) groups is 1. The second-order valence-corrected chi connectivity index (χ2v) is 10.6. The van der Waals surface area contributed by atoms with Gasteiger partial charge in [-0.25, -0.2) is 5.01 Å². The van der Waals surface area contributed by atoms with Gasteiger partial charge in [0.2, 0.25) is 5.91 Å². The smallest absolute Gasteiger partial charge is 0.262 e. The van der Waals surface area contributed by atoms with Gasteiger partial charge in [-0.3, -0.25) is 9.59 Å². The molecule has 2 aliphatic heterocycles. The van der Waals surface area contributed by atoms with Crippen LogP contribution in [0.5, 0.6) is 0 Å². The van der Waals surface area contributed by atoms with Crippen LogP contribution in [0.25, 0.3) is 0 Å². The number of anilines is 1. The second kappa shape index (κ2) is 10.2. The van der Waals surface area contributed by atoms with Crippen LogP contribution in [-0.4, -0.2) is 33.0 Å². The molecule has 0 saturated carbocycles. The van der Waals surface area contributed by atoms with Crippen LogP contribution in [0.2, 0.25) is 0 Å². The molecule has 0 aliphatic carbocycles. The monoisotopic (exact) mass is 546 g/mol. The highest BCUT2D eigenvalue weighted by molar-refractivity contribution is 9.10. The third-order valence-electron chi connectivity index (χ3n) is 5.90. The van der Waals surface area contributed by atoms with Crippen LogP contribution in [0.15, 0.2) is 93.4 Å². The molecule has 0 fully saturated rings. The van der Waals surface area contributed by atoms with E-state index in [1.165, 1.54) is 17.3 Å². The van der Waals surface area contributed by atoms with Gasteiger partial charge in [-0.1, -0.05) is 87.9 Å². The number of amides is 2. The van der Waals surface area contributed by atoms with E-state index in [1.54, 1.807) is 0 Å². The van der Waals surface area contributed by atoms with Crippen molar-refractivity contribution < 1.29 is 9.59 Å². The van der Waals surface area contributed by atoms with E-state index in [9.17, 15) is 9.59 Å². The standard InChI is InChI=1S/C27H23BrN4O2S/c1-17-7-9-18(10-8-17)22-15-23(19-11-13-20(28)14-12-19)32(31-22)27-30-26(34)24(35-27)16-25(33)29-21-5-3-2-4-6-21/h2-14,23-24H,15-16H2,1H3,(H,29,33). The summed E-state index contributed by atoms with van der Waals surface area (Å²) in [5.74, 6) is -0.519. The lowest BCUT2D eigenvalue weighted by atomic mass is 9.98. The van der Waals surface area contributed by atoms with Crippen molar-refractivity contribution in [2.45, 2.75) is 31.1 Å². The van der Waals surface area contributed by atoms with Crippen LogP contribution >= 0.6 is 27.7 Å². The fourth-order valence-corrected chi connectivity index (χ4v) is 5.38. The van der Waals surface area contributed by atoms with Gasteiger partial charge in [-0.05, 0) is 42.3 Å². The highest BCUT2D eigenvalue weighted by atomic mass is 79.9. The lowest BCUT2D eigenvalue weighted by Crippen LogP contribution is -2.25. The number of hydrazone groups is 1. The molecule has 0 saturated heterocycles. The molecule has 0 aromatic heterocycles. The molecule has 8 heteroatoms. The molecule has 0 radical (unpaired) electrons. The van der Waals surface area contributed by atoms with E-state index < -0.39 is 5.25 Å². The third-order valence-corrected chi connectivity index (χ3v) is 7.57. The van der Waals surface area contributed by atoms with E-state index in [2.05, 4.69) is 69.6 Å². The molecule has 2 atom stereocenters. The number of carbonyl (C=O) groups excluding carboxylic acids is 2. The molecule has 3 aromatic rings. The quantitative estimate of drug-likeness (QED) is 0.430. The Morgan fingerprint density at radius 3 is 2.49 bits per heavy atom. The Morgan fingerprint density at radius 1 is 1.06 bits per heavy atom. The molecule has 0 bridgehead atoms. The minimum Gasteiger partial charge on any atom is -0.326 e. The molecule has 5 rings (SSSR count). The SMILES string of the molecule is Cc1ccc(C2=NN(C3=NC(=O)C(CC(=O)Nc4ccccc4)S3)C(c3ccc(Br)cc3)C2)cc1. The van der Waals surface area contributed by atoms with Crippen LogP contribution in [-0.2, 0) is 9.59 Å². The first-order valence-electron chi connectivity index (χ1n) is 11.3. The maximum Gasteiger partial charge on any atom is 0.262 e. The van der Waals surface area contributed by atoms with Crippen LogP contribution < -0.4 is 5.32 Å². The normalized spacial score (nSPS) is 19.5. The van der Waals surface area contributed by atoms with Crippen LogP contribution in [0.4, 0.5) is 5.69 Å². The summed E-state index contributed by atoms with van der Waals surface area (Å²) >= 11 is 4.81.